The Kier molecular flexibility index (Phi) is 6.39. The van der Waals surface area contributed by atoms with E-state index >= 15 is 0 Å². The molecule has 0 fully saturated rings. The van der Waals surface area contributed by atoms with E-state index in [9.17, 15) is 0 Å². The molecule has 0 aliphatic rings. The third-order valence-corrected chi connectivity index (χ3v) is 5.66. The maximum Gasteiger partial charge on any atom is 0.162 e. The molecule has 4 nitrogen and oxygen atoms in total. The Balaban J connectivity index is 1.41. The Bertz CT molecular complexity index is 1370. The molecule has 0 aliphatic carbocycles. The highest BCUT2D eigenvalue weighted by Crippen LogP contribution is 2.37. The van der Waals surface area contributed by atoms with Crippen molar-refractivity contribution in [3.63, 3.8) is 0 Å². The molecule has 5 rings (SSSR count). The van der Waals surface area contributed by atoms with Crippen LogP contribution < -0.4 is 14.2 Å². The predicted octanol–water partition coefficient (Wildman–Crippen LogP) is 7.07. The van der Waals surface area contributed by atoms with E-state index < -0.39 is 0 Å². The van der Waals surface area contributed by atoms with E-state index in [4.69, 9.17) is 14.2 Å². The number of hydrogen-bond donors (Lipinski definition) is 0. The zero-order valence-electron chi connectivity index (χ0n) is 19.0. The molecule has 0 radical (unpaired) electrons. The predicted molar refractivity (Wildman–Crippen MR) is 135 cm³/mol. The van der Waals surface area contributed by atoms with E-state index in [0.717, 1.165) is 38.9 Å². The fourth-order valence-electron chi connectivity index (χ4n) is 3.87. The SMILES string of the molecule is COc1cc2ccnc(-c3ccc(OCc4ccccc4)cc3)c2cc1OCc1ccccc1. The number of hydrogen-bond acceptors (Lipinski definition) is 4. The Labute approximate surface area is 199 Å². The standard InChI is InChI=1S/C30H25NO3/c1-32-28-18-25-16-17-31-30(27(25)19-29(28)34-21-23-10-6-3-7-11-23)24-12-14-26(15-13-24)33-20-22-8-4-2-5-9-22/h2-19H,20-21H2,1H3. The number of aromatic nitrogens is 1. The van der Waals surface area contributed by atoms with Crippen LogP contribution in [0.1, 0.15) is 11.1 Å². The van der Waals surface area contributed by atoms with Crippen LogP contribution in [0, 0.1) is 0 Å². The Hall–Kier alpha value is -4.31. The van der Waals surface area contributed by atoms with Crippen LogP contribution in [-0.4, -0.2) is 12.1 Å². The van der Waals surface area contributed by atoms with Crippen molar-refractivity contribution in [2.75, 3.05) is 7.11 Å². The summed E-state index contributed by atoms with van der Waals surface area (Å²) in [6, 6.07) is 34.3. The van der Waals surface area contributed by atoms with Gasteiger partial charge in [-0.1, -0.05) is 60.7 Å². The van der Waals surface area contributed by atoms with Gasteiger partial charge in [-0.2, -0.15) is 0 Å². The molecule has 0 atom stereocenters. The monoisotopic (exact) mass is 447 g/mol. The highest BCUT2D eigenvalue weighted by molar-refractivity contribution is 5.96. The first kappa shape index (κ1) is 21.5. The molecule has 4 heteroatoms. The van der Waals surface area contributed by atoms with E-state index in [1.54, 1.807) is 7.11 Å². The number of nitrogens with zero attached hydrogens (tertiary/aromatic N) is 1. The Morgan fingerprint density at radius 3 is 1.94 bits per heavy atom. The normalized spacial score (nSPS) is 10.7. The first-order chi connectivity index (χ1) is 16.8. The van der Waals surface area contributed by atoms with Crippen LogP contribution in [0.3, 0.4) is 0 Å². The summed E-state index contributed by atoms with van der Waals surface area (Å²) in [6.45, 7) is 1.00. The van der Waals surface area contributed by atoms with Gasteiger partial charge in [0.2, 0.25) is 0 Å². The van der Waals surface area contributed by atoms with Gasteiger partial charge >= 0.3 is 0 Å². The van der Waals surface area contributed by atoms with Crippen molar-refractivity contribution in [2.24, 2.45) is 0 Å². The summed E-state index contributed by atoms with van der Waals surface area (Å²) < 4.78 is 17.7. The van der Waals surface area contributed by atoms with E-state index in [1.807, 2.05) is 97.2 Å². The molecule has 1 heterocycles. The Morgan fingerprint density at radius 1 is 0.647 bits per heavy atom. The minimum atomic E-state index is 0.464. The van der Waals surface area contributed by atoms with Crippen LogP contribution >= 0.6 is 0 Å². The highest BCUT2D eigenvalue weighted by atomic mass is 16.5. The lowest BCUT2D eigenvalue weighted by Crippen LogP contribution is -1.98. The van der Waals surface area contributed by atoms with E-state index in [0.29, 0.717) is 24.7 Å². The van der Waals surface area contributed by atoms with Gasteiger partial charge in [-0.25, -0.2) is 0 Å². The third-order valence-electron chi connectivity index (χ3n) is 5.66. The van der Waals surface area contributed by atoms with Crippen LogP contribution in [0.15, 0.2) is 109 Å². The molecule has 0 aliphatic heterocycles. The summed E-state index contributed by atoms with van der Waals surface area (Å²) in [4.78, 5) is 4.68. The molecule has 0 saturated carbocycles. The molecule has 5 aromatic rings. The van der Waals surface area contributed by atoms with Crippen molar-refractivity contribution in [2.45, 2.75) is 13.2 Å². The van der Waals surface area contributed by atoms with E-state index in [-0.39, 0.29) is 0 Å². The van der Waals surface area contributed by atoms with Gasteiger partial charge in [0.1, 0.15) is 19.0 Å². The average Bonchev–Trinajstić information content (AvgIpc) is 2.91. The van der Waals surface area contributed by atoms with Gasteiger partial charge in [0.05, 0.1) is 12.8 Å². The summed E-state index contributed by atoms with van der Waals surface area (Å²) in [5.74, 6) is 2.21. The second-order valence-corrected chi connectivity index (χ2v) is 7.96. The molecule has 0 amide bonds. The van der Waals surface area contributed by atoms with Gasteiger partial charge in [-0.3, -0.25) is 4.98 Å². The molecule has 168 valence electrons. The number of fused-ring (bicyclic) bond motifs is 1. The molecular weight excluding hydrogens is 422 g/mol. The van der Waals surface area contributed by atoms with Crippen molar-refractivity contribution >= 4 is 10.8 Å². The zero-order valence-corrected chi connectivity index (χ0v) is 19.0. The first-order valence-electron chi connectivity index (χ1n) is 11.2. The molecule has 1 aromatic heterocycles. The molecule has 0 N–H and O–H groups in total. The zero-order chi connectivity index (χ0) is 23.2. The number of ether oxygens (including phenoxy) is 3. The average molecular weight is 448 g/mol. The lowest BCUT2D eigenvalue weighted by Gasteiger charge is -2.14. The summed E-state index contributed by atoms with van der Waals surface area (Å²) in [5, 5.41) is 2.04. The molecule has 0 unspecified atom stereocenters. The smallest absolute Gasteiger partial charge is 0.162 e. The summed E-state index contributed by atoms with van der Waals surface area (Å²) >= 11 is 0. The Morgan fingerprint density at radius 2 is 1.29 bits per heavy atom. The summed E-state index contributed by atoms with van der Waals surface area (Å²) in [5.41, 5.74) is 4.14. The van der Waals surface area contributed by atoms with Crippen molar-refractivity contribution in [3.05, 3.63) is 120 Å². The minimum absolute atomic E-state index is 0.464. The largest absolute Gasteiger partial charge is 0.493 e. The lowest BCUT2D eigenvalue weighted by molar-refractivity contribution is 0.285. The molecule has 0 bridgehead atoms. The molecule has 4 aromatic carbocycles. The van der Waals surface area contributed by atoms with Gasteiger partial charge in [-0.05, 0) is 59.0 Å². The second kappa shape index (κ2) is 10.1. The third kappa shape index (κ3) is 4.86. The van der Waals surface area contributed by atoms with Crippen LogP contribution in [0.4, 0.5) is 0 Å². The van der Waals surface area contributed by atoms with Gasteiger partial charge in [0, 0.05) is 17.1 Å². The summed E-state index contributed by atoms with van der Waals surface area (Å²) in [6.07, 6.45) is 1.82. The fraction of sp³-hybridized carbons (Fsp3) is 0.100. The maximum absolute atomic E-state index is 6.13. The van der Waals surface area contributed by atoms with E-state index in [1.165, 1.54) is 0 Å². The first-order valence-corrected chi connectivity index (χ1v) is 11.2. The van der Waals surface area contributed by atoms with Gasteiger partial charge in [0.15, 0.2) is 11.5 Å². The van der Waals surface area contributed by atoms with Crippen molar-refractivity contribution in [1.29, 1.82) is 0 Å². The number of pyridine rings is 1. The van der Waals surface area contributed by atoms with E-state index in [2.05, 4.69) is 17.1 Å². The van der Waals surface area contributed by atoms with Gasteiger partial charge in [-0.15, -0.1) is 0 Å². The quantitative estimate of drug-likeness (QED) is 0.255. The van der Waals surface area contributed by atoms with Crippen LogP contribution in [0.5, 0.6) is 17.2 Å². The van der Waals surface area contributed by atoms with Crippen molar-refractivity contribution in [1.82, 2.24) is 4.98 Å². The molecule has 34 heavy (non-hydrogen) atoms. The molecule has 0 spiro atoms. The summed E-state index contributed by atoms with van der Waals surface area (Å²) in [7, 11) is 1.66. The molecule has 0 saturated heterocycles. The van der Waals surface area contributed by atoms with Crippen LogP contribution in [-0.2, 0) is 13.2 Å². The maximum atomic E-state index is 6.13. The van der Waals surface area contributed by atoms with Gasteiger partial charge < -0.3 is 14.2 Å². The van der Waals surface area contributed by atoms with Crippen molar-refractivity contribution in [3.8, 4) is 28.5 Å². The van der Waals surface area contributed by atoms with Crippen LogP contribution in [0.25, 0.3) is 22.0 Å². The fourth-order valence-corrected chi connectivity index (χ4v) is 3.87. The topological polar surface area (TPSA) is 40.6 Å². The van der Waals surface area contributed by atoms with Crippen molar-refractivity contribution < 1.29 is 14.2 Å². The number of benzene rings is 4. The molecular formula is C30H25NO3. The van der Waals surface area contributed by atoms with Gasteiger partial charge in [0.25, 0.3) is 0 Å². The second-order valence-electron chi connectivity index (χ2n) is 7.96. The highest BCUT2D eigenvalue weighted by Gasteiger charge is 2.12. The number of methoxy groups -OCH3 is 1. The lowest BCUT2D eigenvalue weighted by atomic mass is 10.0. The number of rotatable bonds is 8. The van der Waals surface area contributed by atoms with Crippen LogP contribution in [0.2, 0.25) is 0 Å². The minimum Gasteiger partial charge on any atom is -0.493 e.